The molecule has 4 rings (SSSR count). The number of thiazole rings is 1. The van der Waals surface area contributed by atoms with E-state index in [0.717, 1.165) is 4.90 Å². The van der Waals surface area contributed by atoms with Gasteiger partial charge in [-0.2, -0.15) is 0 Å². The van der Waals surface area contributed by atoms with Crippen LogP contribution in [0.15, 0.2) is 34.9 Å². The van der Waals surface area contributed by atoms with E-state index in [4.69, 9.17) is 27.5 Å². The zero-order valence-corrected chi connectivity index (χ0v) is 18.6. The van der Waals surface area contributed by atoms with Crippen LogP contribution in [0, 0.1) is 12.3 Å². The van der Waals surface area contributed by atoms with Crippen LogP contribution >= 0.6 is 34.7 Å². The second-order valence-corrected chi connectivity index (χ2v) is 9.05. The second kappa shape index (κ2) is 9.62. The smallest absolute Gasteiger partial charge is 0.147 e. The summed E-state index contributed by atoms with van der Waals surface area (Å²) < 4.78 is 13.2. The van der Waals surface area contributed by atoms with Crippen molar-refractivity contribution in [2.45, 2.75) is 34.7 Å². The van der Waals surface area contributed by atoms with Gasteiger partial charge in [-0.1, -0.05) is 34.5 Å². The molecule has 1 fully saturated rings. The molecule has 162 valence electrons. The molecule has 4 heterocycles. The number of aromatic nitrogens is 5. The lowest BCUT2D eigenvalue weighted by Gasteiger charge is -2.43. The molecule has 1 saturated heterocycles. The highest BCUT2D eigenvalue weighted by Crippen LogP contribution is 2.39. The van der Waals surface area contributed by atoms with Gasteiger partial charge >= 0.3 is 0 Å². The Labute approximate surface area is 191 Å². The molecule has 5 atom stereocenters. The molecule has 3 aromatic rings. The lowest BCUT2D eigenvalue weighted by molar-refractivity contribution is -0.186. The molecule has 0 spiro atoms. The number of aliphatic hydroxyl groups is 2. The van der Waals surface area contributed by atoms with E-state index in [1.807, 2.05) is 6.07 Å². The van der Waals surface area contributed by atoms with Crippen LogP contribution in [0.5, 0.6) is 0 Å². The van der Waals surface area contributed by atoms with Gasteiger partial charge in [0.1, 0.15) is 45.6 Å². The van der Waals surface area contributed by atoms with E-state index in [9.17, 15) is 10.2 Å². The first-order valence-corrected chi connectivity index (χ1v) is 11.3. The number of halogens is 1. The van der Waals surface area contributed by atoms with Gasteiger partial charge in [0.25, 0.3) is 0 Å². The van der Waals surface area contributed by atoms with Crippen molar-refractivity contribution in [2.75, 3.05) is 13.7 Å². The molecule has 12 heteroatoms. The van der Waals surface area contributed by atoms with E-state index < -0.39 is 29.8 Å². The normalized spacial score (nSPS) is 26.0. The van der Waals surface area contributed by atoms with Gasteiger partial charge < -0.3 is 19.7 Å². The minimum atomic E-state index is -1.09. The molecule has 0 bridgehead atoms. The highest BCUT2D eigenvalue weighted by molar-refractivity contribution is 7.99. The summed E-state index contributed by atoms with van der Waals surface area (Å²) in [5, 5.41) is 31.7. The van der Waals surface area contributed by atoms with Crippen LogP contribution in [0.4, 0.5) is 0 Å². The summed E-state index contributed by atoms with van der Waals surface area (Å²) in [7, 11) is 1.52. The van der Waals surface area contributed by atoms with Gasteiger partial charge in [0.05, 0.1) is 12.8 Å². The van der Waals surface area contributed by atoms with Gasteiger partial charge in [0.15, 0.2) is 0 Å². The van der Waals surface area contributed by atoms with Crippen LogP contribution in [0.3, 0.4) is 0 Å². The number of terminal acetylenes is 1. The van der Waals surface area contributed by atoms with Crippen molar-refractivity contribution in [2.24, 2.45) is 0 Å². The SMILES string of the molecule is C#Cc1cncc(SC2OC(CO)C(O)C(n3cc(-c4nc(Cl)cs4)nn3)C2OC)c1. The monoisotopic (exact) mass is 479 g/mol. The van der Waals surface area contributed by atoms with Crippen LogP contribution in [0.25, 0.3) is 10.7 Å². The molecule has 3 aromatic heterocycles. The molecule has 0 saturated carbocycles. The summed E-state index contributed by atoms with van der Waals surface area (Å²) in [6.07, 6.45) is 7.83. The molecular formula is C19H18ClN5O4S2. The lowest BCUT2D eigenvalue weighted by atomic mass is 9.97. The van der Waals surface area contributed by atoms with Crippen molar-refractivity contribution in [3.63, 3.8) is 0 Å². The lowest BCUT2D eigenvalue weighted by Crippen LogP contribution is -2.55. The second-order valence-electron chi connectivity index (χ2n) is 6.64. The Morgan fingerprint density at radius 2 is 2.29 bits per heavy atom. The number of aliphatic hydroxyl groups excluding tert-OH is 2. The predicted octanol–water partition coefficient (Wildman–Crippen LogP) is 1.86. The van der Waals surface area contributed by atoms with Crippen molar-refractivity contribution < 1.29 is 19.7 Å². The van der Waals surface area contributed by atoms with Gasteiger partial charge in [-0.3, -0.25) is 4.98 Å². The third-order valence-electron chi connectivity index (χ3n) is 4.74. The van der Waals surface area contributed by atoms with Crippen molar-refractivity contribution >= 4 is 34.7 Å². The summed E-state index contributed by atoms with van der Waals surface area (Å²) >= 11 is 8.58. The third-order valence-corrected chi connectivity index (χ3v) is 7.03. The van der Waals surface area contributed by atoms with Crippen LogP contribution in [0.1, 0.15) is 11.6 Å². The highest BCUT2D eigenvalue weighted by Gasteiger charge is 2.47. The Balaban J connectivity index is 1.65. The first kappa shape index (κ1) is 22.2. The van der Waals surface area contributed by atoms with Gasteiger partial charge in [0, 0.05) is 35.3 Å². The minimum absolute atomic E-state index is 0.370. The number of methoxy groups -OCH3 is 1. The standard InChI is InChI=1S/C19H18ClN5O4S2/c1-3-10-4-11(6-21-5-10)31-19-17(28-2)15(16(27)13(8-26)29-19)25-7-12(23-24-25)18-22-14(20)9-30-18/h1,4-7,9,13,15-17,19,26-27H,8H2,2H3. The highest BCUT2D eigenvalue weighted by atomic mass is 35.5. The van der Waals surface area contributed by atoms with E-state index in [2.05, 4.69) is 26.2 Å². The molecular weight excluding hydrogens is 462 g/mol. The van der Waals surface area contributed by atoms with Crippen LogP contribution in [-0.2, 0) is 9.47 Å². The first-order valence-electron chi connectivity index (χ1n) is 9.12. The molecule has 1 aliphatic heterocycles. The molecule has 1 aliphatic rings. The van der Waals surface area contributed by atoms with Gasteiger partial charge in [-0.25, -0.2) is 9.67 Å². The fraction of sp³-hybridized carbons (Fsp3) is 0.368. The van der Waals surface area contributed by atoms with Crippen LogP contribution < -0.4 is 0 Å². The maximum Gasteiger partial charge on any atom is 0.147 e. The number of thioether (sulfide) groups is 1. The quantitative estimate of drug-likeness (QED) is 0.511. The Morgan fingerprint density at radius 1 is 1.45 bits per heavy atom. The summed E-state index contributed by atoms with van der Waals surface area (Å²) in [4.78, 5) is 9.11. The fourth-order valence-electron chi connectivity index (χ4n) is 3.30. The Hall–Kier alpha value is -2.04. The Bertz CT molecular complexity index is 1090. The van der Waals surface area contributed by atoms with Crippen molar-refractivity contribution in [1.29, 1.82) is 0 Å². The largest absolute Gasteiger partial charge is 0.394 e. The summed E-state index contributed by atoms with van der Waals surface area (Å²) in [6, 6.07) is 1.13. The maximum atomic E-state index is 10.9. The molecule has 0 amide bonds. The average Bonchev–Trinajstić information content (AvgIpc) is 3.43. The van der Waals surface area contributed by atoms with E-state index in [0.29, 0.717) is 21.4 Å². The van der Waals surface area contributed by atoms with Gasteiger partial charge in [-0.05, 0) is 6.07 Å². The topological polar surface area (TPSA) is 115 Å². The van der Waals surface area contributed by atoms with Crippen LogP contribution in [0.2, 0.25) is 5.15 Å². The predicted molar refractivity (Wildman–Crippen MR) is 116 cm³/mol. The number of pyridine rings is 1. The zero-order chi connectivity index (χ0) is 22.0. The molecule has 0 aliphatic carbocycles. The van der Waals surface area contributed by atoms with Gasteiger partial charge in [-0.15, -0.1) is 22.9 Å². The van der Waals surface area contributed by atoms with E-state index >= 15 is 0 Å². The molecule has 31 heavy (non-hydrogen) atoms. The van der Waals surface area contributed by atoms with E-state index in [-0.39, 0.29) is 6.61 Å². The molecule has 9 nitrogen and oxygen atoms in total. The maximum absolute atomic E-state index is 10.9. The Morgan fingerprint density at radius 3 is 2.97 bits per heavy atom. The number of ether oxygens (including phenoxy) is 2. The van der Waals surface area contributed by atoms with Gasteiger partial charge in [0.2, 0.25) is 0 Å². The third kappa shape index (κ3) is 4.61. The molecule has 2 N–H and O–H groups in total. The Kier molecular flexibility index (Phi) is 6.88. The number of rotatable bonds is 6. The van der Waals surface area contributed by atoms with Crippen molar-refractivity contribution in [1.82, 2.24) is 25.0 Å². The van der Waals surface area contributed by atoms with Crippen molar-refractivity contribution in [3.8, 4) is 23.0 Å². The van der Waals surface area contributed by atoms with E-state index in [1.165, 1.54) is 34.9 Å². The summed E-state index contributed by atoms with van der Waals surface area (Å²) in [6.45, 7) is -0.378. The summed E-state index contributed by atoms with van der Waals surface area (Å²) in [5.41, 5.74) is 0.571. The van der Waals surface area contributed by atoms with Crippen molar-refractivity contribution in [3.05, 3.63) is 40.8 Å². The van der Waals surface area contributed by atoms with E-state index in [1.54, 1.807) is 24.0 Å². The average molecular weight is 480 g/mol. The number of nitrogens with zero attached hydrogens (tertiary/aromatic N) is 5. The zero-order valence-electron chi connectivity index (χ0n) is 16.2. The number of hydrogen-bond donors (Lipinski definition) is 2. The fourth-order valence-corrected chi connectivity index (χ4v) is 5.38. The number of hydrogen-bond acceptors (Lipinski definition) is 10. The molecule has 0 radical (unpaired) electrons. The summed E-state index contributed by atoms with van der Waals surface area (Å²) in [5.74, 6) is 2.55. The molecule has 0 aromatic carbocycles. The van der Waals surface area contributed by atoms with Crippen LogP contribution in [-0.4, -0.2) is 72.6 Å². The minimum Gasteiger partial charge on any atom is -0.394 e. The molecule has 5 unspecified atom stereocenters. The first-order chi connectivity index (χ1) is 15.0.